The van der Waals surface area contributed by atoms with Crippen LogP contribution in [0.1, 0.15) is 27.6 Å². The van der Waals surface area contributed by atoms with Gasteiger partial charge in [0, 0.05) is 36.2 Å². The Bertz CT molecular complexity index is 1140. The first-order valence-electron chi connectivity index (χ1n) is 11.2. The fraction of sp³-hybridized carbons (Fsp3) is 0.259. The third-order valence-corrected chi connectivity index (χ3v) is 7.14. The van der Waals surface area contributed by atoms with Gasteiger partial charge in [0.2, 0.25) is 11.8 Å². The van der Waals surface area contributed by atoms with Crippen molar-refractivity contribution in [3.8, 4) is 0 Å². The lowest BCUT2D eigenvalue weighted by atomic mass is 9.93. The van der Waals surface area contributed by atoms with Crippen molar-refractivity contribution in [2.45, 2.75) is 12.5 Å². The van der Waals surface area contributed by atoms with Crippen LogP contribution < -0.4 is 0 Å². The molecule has 0 saturated heterocycles. The van der Waals surface area contributed by atoms with Crippen molar-refractivity contribution in [3.63, 3.8) is 0 Å². The van der Waals surface area contributed by atoms with Crippen molar-refractivity contribution in [3.05, 3.63) is 98.7 Å². The monoisotopic (exact) mass is 494 g/mol. The smallest absolute Gasteiger partial charge is 0.247 e. The normalized spacial score (nSPS) is 15.4. The van der Waals surface area contributed by atoms with Gasteiger partial charge in [-0.3, -0.25) is 9.59 Å². The van der Waals surface area contributed by atoms with E-state index in [0.717, 1.165) is 23.1 Å². The van der Waals surface area contributed by atoms with E-state index in [4.69, 9.17) is 16.3 Å². The number of carbonyl (C=O) groups is 2. The van der Waals surface area contributed by atoms with Crippen LogP contribution in [0.25, 0.3) is 6.08 Å². The standard InChI is InChI=1S/C27H27ClN2O3S/c1-33-17-16-29(25(31)12-7-20-5-3-2-4-6-20)19-26(32)30-15-13-24-23(14-18-34-24)27(30)21-8-10-22(28)11-9-21/h2-12,14,18,27H,13,15-17,19H2,1H3. The summed E-state index contributed by atoms with van der Waals surface area (Å²) in [6.45, 7) is 1.29. The minimum atomic E-state index is -0.217. The molecule has 34 heavy (non-hydrogen) atoms. The first-order chi connectivity index (χ1) is 16.6. The third-order valence-electron chi connectivity index (χ3n) is 5.89. The predicted octanol–water partition coefficient (Wildman–Crippen LogP) is 5.06. The van der Waals surface area contributed by atoms with Crippen LogP contribution in [-0.2, 0) is 20.7 Å². The molecule has 0 aliphatic carbocycles. The van der Waals surface area contributed by atoms with Gasteiger partial charge in [-0.25, -0.2) is 0 Å². The van der Waals surface area contributed by atoms with Gasteiger partial charge in [-0.15, -0.1) is 11.3 Å². The second-order valence-electron chi connectivity index (χ2n) is 8.09. The van der Waals surface area contributed by atoms with Crippen LogP contribution in [-0.4, -0.2) is 55.0 Å². The van der Waals surface area contributed by atoms with Gasteiger partial charge in [0.15, 0.2) is 0 Å². The number of hydrogen-bond acceptors (Lipinski definition) is 4. The molecule has 1 aromatic heterocycles. The molecular weight excluding hydrogens is 468 g/mol. The SMILES string of the molecule is COCCN(CC(=O)N1CCc2sccc2C1c1ccc(Cl)cc1)C(=O)C=Cc1ccccc1. The zero-order valence-electron chi connectivity index (χ0n) is 19.0. The van der Waals surface area contributed by atoms with Gasteiger partial charge < -0.3 is 14.5 Å². The summed E-state index contributed by atoms with van der Waals surface area (Å²) in [6, 6.07) is 19.2. The Morgan fingerprint density at radius 3 is 2.65 bits per heavy atom. The molecule has 7 heteroatoms. The second kappa shape index (κ2) is 11.5. The topological polar surface area (TPSA) is 49.9 Å². The predicted molar refractivity (Wildman–Crippen MR) is 137 cm³/mol. The van der Waals surface area contributed by atoms with Gasteiger partial charge in [0.05, 0.1) is 12.6 Å². The maximum absolute atomic E-state index is 13.6. The summed E-state index contributed by atoms with van der Waals surface area (Å²) in [6.07, 6.45) is 4.09. The minimum absolute atomic E-state index is 0.00904. The van der Waals surface area contributed by atoms with Crippen LogP contribution in [0, 0.1) is 0 Å². The molecule has 0 radical (unpaired) electrons. The molecular formula is C27H27ClN2O3S. The summed E-state index contributed by atoms with van der Waals surface area (Å²) in [5.74, 6) is -0.306. The van der Waals surface area contributed by atoms with E-state index in [9.17, 15) is 9.59 Å². The van der Waals surface area contributed by atoms with Crippen molar-refractivity contribution in [1.82, 2.24) is 9.80 Å². The molecule has 0 fully saturated rings. The zero-order valence-corrected chi connectivity index (χ0v) is 20.6. The van der Waals surface area contributed by atoms with Gasteiger partial charge >= 0.3 is 0 Å². The van der Waals surface area contributed by atoms with E-state index in [1.165, 1.54) is 11.0 Å². The fourth-order valence-corrected chi connectivity index (χ4v) is 5.18. The molecule has 5 nitrogen and oxygen atoms in total. The van der Waals surface area contributed by atoms with Crippen LogP contribution in [0.15, 0.2) is 72.1 Å². The van der Waals surface area contributed by atoms with E-state index in [1.807, 2.05) is 59.5 Å². The van der Waals surface area contributed by atoms with Crippen molar-refractivity contribution < 1.29 is 14.3 Å². The zero-order chi connectivity index (χ0) is 23.9. The van der Waals surface area contributed by atoms with Gasteiger partial charge in [0.25, 0.3) is 0 Å². The van der Waals surface area contributed by atoms with Crippen LogP contribution in [0.5, 0.6) is 0 Å². The molecule has 4 rings (SSSR count). The van der Waals surface area contributed by atoms with E-state index in [-0.39, 0.29) is 24.4 Å². The summed E-state index contributed by atoms with van der Waals surface area (Å²) in [5, 5.41) is 2.73. The Morgan fingerprint density at radius 1 is 1.15 bits per heavy atom. The molecule has 1 unspecified atom stereocenters. The molecule has 2 heterocycles. The van der Waals surface area contributed by atoms with E-state index in [0.29, 0.717) is 24.7 Å². The summed E-state index contributed by atoms with van der Waals surface area (Å²) in [7, 11) is 1.59. The highest BCUT2D eigenvalue weighted by molar-refractivity contribution is 7.10. The van der Waals surface area contributed by atoms with Gasteiger partial charge in [0.1, 0.15) is 6.54 Å². The first-order valence-corrected chi connectivity index (χ1v) is 12.4. The molecule has 176 valence electrons. The number of ether oxygens (including phenoxy) is 1. The molecule has 0 bridgehead atoms. The van der Waals surface area contributed by atoms with Gasteiger partial charge in [-0.05, 0) is 52.8 Å². The number of halogens is 1. The quantitative estimate of drug-likeness (QED) is 0.411. The lowest BCUT2D eigenvalue weighted by molar-refractivity contribution is -0.140. The summed E-state index contributed by atoms with van der Waals surface area (Å²) < 4.78 is 5.20. The number of amides is 2. The summed E-state index contributed by atoms with van der Waals surface area (Å²) >= 11 is 7.83. The lowest BCUT2D eigenvalue weighted by Crippen LogP contribution is -2.47. The summed E-state index contributed by atoms with van der Waals surface area (Å²) in [5.41, 5.74) is 3.08. The Labute approximate surface area is 209 Å². The number of rotatable bonds is 8. The molecule has 0 N–H and O–H groups in total. The third kappa shape index (κ3) is 5.76. The van der Waals surface area contributed by atoms with Gasteiger partial charge in [-0.1, -0.05) is 54.1 Å². The highest BCUT2D eigenvalue weighted by Crippen LogP contribution is 2.38. The Balaban J connectivity index is 1.55. The number of carbonyl (C=O) groups excluding carboxylic acids is 2. The molecule has 3 aromatic rings. The van der Waals surface area contributed by atoms with Crippen LogP contribution >= 0.6 is 22.9 Å². The highest BCUT2D eigenvalue weighted by atomic mass is 35.5. The Morgan fingerprint density at radius 2 is 1.91 bits per heavy atom. The molecule has 1 aliphatic heterocycles. The first kappa shape index (κ1) is 24.2. The largest absolute Gasteiger partial charge is 0.383 e. The minimum Gasteiger partial charge on any atom is -0.383 e. The molecule has 0 saturated carbocycles. The van der Waals surface area contributed by atoms with Crippen molar-refractivity contribution in [1.29, 1.82) is 0 Å². The molecule has 1 aliphatic rings. The van der Waals surface area contributed by atoms with Crippen LogP contribution in [0.4, 0.5) is 0 Å². The average molecular weight is 495 g/mol. The van der Waals surface area contributed by atoms with E-state index < -0.39 is 0 Å². The second-order valence-corrected chi connectivity index (χ2v) is 9.52. The number of thiophene rings is 1. The van der Waals surface area contributed by atoms with Crippen molar-refractivity contribution in [2.24, 2.45) is 0 Å². The molecule has 2 amide bonds. The summed E-state index contributed by atoms with van der Waals surface area (Å²) in [4.78, 5) is 31.3. The number of fused-ring (bicyclic) bond motifs is 1. The van der Waals surface area contributed by atoms with E-state index in [1.54, 1.807) is 29.4 Å². The number of nitrogens with zero attached hydrogens (tertiary/aromatic N) is 2. The van der Waals surface area contributed by atoms with E-state index in [2.05, 4.69) is 11.4 Å². The maximum Gasteiger partial charge on any atom is 0.247 e. The van der Waals surface area contributed by atoms with Crippen molar-refractivity contribution in [2.75, 3.05) is 33.4 Å². The van der Waals surface area contributed by atoms with Crippen molar-refractivity contribution >= 4 is 40.8 Å². The van der Waals surface area contributed by atoms with E-state index >= 15 is 0 Å². The number of hydrogen-bond donors (Lipinski definition) is 0. The highest BCUT2D eigenvalue weighted by Gasteiger charge is 2.33. The molecule has 1 atom stereocenters. The van der Waals surface area contributed by atoms with Gasteiger partial charge in [-0.2, -0.15) is 0 Å². The number of benzene rings is 2. The number of methoxy groups -OCH3 is 1. The molecule has 0 spiro atoms. The van der Waals surface area contributed by atoms with Crippen LogP contribution in [0.2, 0.25) is 5.02 Å². The fourth-order valence-electron chi connectivity index (χ4n) is 4.15. The Hall–Kier alpha value is -2.93. The lowest BCUT2D eigenvalue weighted by Gasteiger charge is -2.37. The Kier molecular flexibility index (Phi) is 8.16. The maximum atomic E-state index is 13.6. The average Bonchev–Trinajstić information content (AvgIpc) is 3.34. The van der Waals surface area contributed by atoms with Crippen LogP contribution in [0.3, 0.4) is 0 Å². The molecule has 2 aromatic carbocycles.